The zero-order valence-electron chi connectivity index (χ0n) is 9.09. The first-order valence-corrected chi connectivity index (χ1v) is 5.26. The summed E-state index contributed by atoms with van der Waals surface area (Å²) in [7, 11) is 0. The number of aromatic nitrogens is 1. The van der Waals surface area contributed by atoms with Crippen molar-refractivity contribution in [1.29, 1.82) is 0 Å². The molecule has 0 aliphatic carbocycles. The Kier molecular flexibility index (Phi) is 4.79. The number of halogens is 1. The van der Waals surface area contributed by atoms with Crippen molar-refractivity contribution in [2.45, 2.75) is 6.92 Å². The summed E-state index contributed by atoms with van der Waals surface area (Å²) in [6, 6.07) is 1.59. The lowest BCUT2D eigenvalue weighted by Gasteiger charge is -2.09. The molecule has 4 nitrogen and oxygen atoms in total. The molecule has 1 aromatic rings. The minimum atomic E-state index is 0.388. The van der Waals surface area contributed by atoms with E-state index >= 15 is 0 Å². The molecule has 86 valence electrons. The second kappa shape index (κ2) is 6.12. The maximum atomic E-state index is 10.8. The van der Waals surface area contributed by atoms with Crippen LogP contribution in [0.5, 0.6) is 0 Å². The Hall–Kier alpha value is -1.55. The van der Waals surface area contributed by atoms with Crippen LogP contribution in [-0.4, -0.2) is 24.4 Å². The summed E-state index contributed by atoms with van der Waals surface area (Å²) in [6.07, 6.45) is 2.26. The van der Waals surface area contributed by atoms with Crippen LogP contribution in [0.4, 0.5) is 5.82 Å². The van der Waals surface area contributed by atoms with Gasteiger partial charge in [-0.25, -0.2) is 4.98 Å². The first-order chi connectivity index (χ1) is 7.65. The maximum Gasteiger partial charge on any atom is 0.155 e. The van der Waals surface area contributed by atoms with Crippen molar-refractivity contribution in [2.24, 2.45) is 0 Å². The molecule has 0 radical (unpaired) electrons. The second-order valence-corrected chi connectivity index (χ2v) is 3.71. The molecule has 2 N–H and O–H groups in total. The van der Waals surface area contributed by atoms with Crippen molar-refractivity contribution in [3.63, 3.8) is 0 Å². The number of anilines is 1. The number of carbonyl (C=O) groups excluding carboxylic acids is 1. The van der Waals surface area contributed by atoms with Gasteiger partial charge in [0, 0.05) is 25.0 Å². The topological polar surface area (TPSA) is 54.0 Å². The summed E-state index contributed by atoms with van der Waals surface area (Å²) in [5.41, 5.74) is 1.29. The lowest BCUT2D eigenvalue weighted by atomic mass is 10.3. The van der Waals surface area contributed by atoms with E-state index in [0.29, 0.717) is 35.8 Å². The van der Waals surface area contributed by atoms with E-state index in [9.17, 15) is 4.79 Å². The molecule has 0 aliphatic rings. The number of hydrogen-bond donors (Lipinski definition) is 2. The number of rotatable bonds is 6. The van der Waals surface area contributed by atoms with Gasteiger partial charge in [0.05, 0.1) is 10.6 Å². The van der Waals surface area contributed by atoms with Crippen molar-refractivity contribution in [3.8, 4) is 0 Å². The summed E-state index contributed by atoms with van der Waals surface area (Å²) < 4.78 is 0. The maximum absolute atomic E-state index is 10.8. The normalized spacial score (nSPS) is 9.62. The van der Waals surface area contributed by atoms with Gasteiger partial charge in [0.15, 0.2) is 6.29 Å². The quantitative estimate of drug-likeness (QED) is 0.590. The molecule has 0 unspecified atom stereocenters. The third kappa shape index (κ3) is 3.55. The van der Waals surface area contributed by atoms with Crippen LogP contribution in [-0.2, 0) is 0 Å². The molecule has 1 rings (SSSR count). The van der Waals surface area contributed by atoms with Gasteiger partial charge in [0.1, 0.15) is 5.82 Å². The largest absolute Gasteiger partial charge is 0.387 e. The Labute approximate surface area is 99.7 Å². The van der Waals surface area contributed by atoms with Crippen LogP contribution in [0.25, 0.3) is 0 Å². The van der Waals surface area contributed by atoms with Gasteiger partial charge in [-0.3, -0.25) is 4.79 Å². The molecule has 0 saturated heterocycles. The number of aldehydes is 1. The Bertz CT molecular complexity index is 393. The van der Waals surface area contributed by atoms with E-state index in [1.165, 1.54) is 0 Å². The van der Waals surface area contributed by atoms with Gasteiger partial charge in [0.25, 0.3) is 0 Å². The first kappa shape index (κ1) is 12.5. The highest BCUT2D eigenvalue weighted by Gasteiger charge is 2.06. The van der Waals surface area contributed by atoms with Crippen molar-refractivity contribution in [1.82, 2.24) is 10.3 Å². The molecular weight excluding hydrogens is 226 g/mol. The van der Waals surface area contributed by atoms with Crippen molar-refractivity contribution >= 4 is 23.7 Å². The highest BCUT2D eigenvalue weighted by Crippen LogP contribution is 2.19. The molecule has 1 heterocycles. The molecule has 0 spiro atoms. The van der Waals surface area contributed by atoms with E-state index in [1.54, 1.807) is 12.3 Å². The summed E-state index contributed by atoms with van der Waals surface area (Å²) in [6.45, 7) is 6.95. The van der Waals surface area contributed by atoms with Crippen molar-refractivity contribution < 1.29 is 4.79 Å². The van der Waals surface area contributed by atoms with E-state index in [0.717, 1.165) is 5.70 Å². The standard InChI is InChI=1S/C11H14ClN3O/c1-8(2)13-5-6-15-11-9(7-16)10(12)3-4-14-11/h3-4,7,13H,1,5-6H2,2H3,(H,14,15). The summed E-state index contributed by atoms with van der Waals surface area (Å²) in [5.74, 6) is 0.506. The monoisotopic (exact) mass is 239 g/mol. The summed E-state index contributed by atoms with van der Waals surface area (Å²) in [5, 5.41) is 6.49. The third-order valence-corrected chi connectivity index (χ3v) is 2.23. The van der Waals surface area contributed by atoms with Crippen molar-refractivity contribution in [3.05, 3.63) is 35.1 Å². The van der Waals surface area contributed by atoms with Crippen LogP contribution in [0.3, 0.4) is 0 Å². The minimum Gasteiger partial charge on any atom is -0.387 e. The Balaban J connectivity index is 2.56. The lowest BCUT2D eigenvalue weighted by Crippen LogP contribution is -2.20. The zero-order valence-corrected chi connectivity index (χ0v) is 9.84. The predicted molar refractivity (Wildman–Crippen MR) is 65.9 cm³/mol. The van der Waals surface area contributed by atoms with Gasteiger partial charge >= 0.3 is 0 Å². The van der Waals surface area contributed by atoms with Crippen LogP contribution in [0, 0.1) is 0 Å². The second-order valence-electron chi connectivity index (χ2n) is 3.31. The molecule has 16 heavy (non-hydrogen) atoms. The molecule has 1 aromatic heterocycles. The van der Waals surface area contributed by atoms with E-state index in [2.05, 4.69) is 22.2 Å². The molecule has 0 aliphatic heterocycles. The molecule has 0 aromatic carbocycles. The molecule has 0 amide bonds. The molecule has 5 heteroatoms. The minimum absolute atomic E-state index is 0.388. The molecule has 0 fully saturated rings. The van der Waals surface area contributed by atoms with Crippen molar-refractivity contribution in [2.75, 3.05) is 18.4 Å². The fourth-order valence-electron chi connectivity index (χ4n) is 1.16. The van der Waals surface area contributed by atoms with Gasteiger partial charge in [-0.2, -0.15) is 0 Å². The van der Waals surface area contributed by atoms with E-state index in [4.69, 9.17) is 11.6 Å². The SMILES string of the molecule is C=C(C)NCCNc1nccc(Cl)c1C=O. The predicted octanol–water partition coefficient (Wildman–Crippen LogP) is 2.08. The van der Waals surface area contributed by atoms with Gasteiger partial charge in [-0.05, 0) is 13.0 Å². The number of hydrogen-bond acceptors (Lipinski definition) is 4. The molecule has 0 bridgehead atoms. The van der Waals surface area contributed by atoms with E-state index < -0.39 is 0 Å². The zero-order chi connectivity index (χ0) is 12.0. The third-order valence-electron chi connectivity index (χ3n) is 1.90. The Morgan fingerprint density at radius 2 is 2.38 bits per heavy atom. The van der Waals surface area contributed by atoms with Crippen LogP contribution >= 0.6 is 11.6 Å². The van der Waals surface area contributed by atoms with Crippen LogP contribution < -0.4 is 10.6 Å². The average Bonchev–Trinajstić information content (AvgIpc) is 2.24. The van der Waals surface area contributed by atoms with Crippen LogP contribution in [0.15, 0.2) is 24.5 Å². The fourth-order valence-corrected chi connectivity index (χ4v) is 1.35. The van der Waals surface area contributed by atoms with Gasteiger partial charge in [-0.1, -0.05) is 18.2 Å². The smallest absolute Gasteiger partial charge is 0.155 e. The Morgan fingerprint density at radius 3 is 3.00 bits per heavy atom. The summed E-state index contributed by atoms with van der Waals surface area (Å²) in [4.78, 5) is 14.8. The highest BCUT2D eigenvalue weighted by molar-refractivity contribution is 6.33. The molecular formula is C11H14ClN3O. The lowest BCUT2D eigenvalue weighted by molar-refractivity contribution is 0.112. The van der Waals surface area contributed by atoms with Crippen LogP contribution in [0.2, 0.25) is 5.02 Å². The fraction of sp³-hybridized carbons (Fsp3) is 0.273. The molecule has 0 saturated carbocycles. The highest BCUT2D eigenvalue weighted by atomic mass is 35.5. The molecule has 0 atom stereocenters. The number of pyridine rings is 1. The van der Waals surface area contributed by atoms with Gasteiger partial charge < -0.3 is 10.6 Å². The van der Waals surface area contributed by atoms with Gasteiger partial charge in [0.2, 0.25) is 0 Å². The number of nitrogens with zero attached hydrogens (tertiary/aromatic N) is 1. The first-order valence-electron chi connectivity index (χ1n) is 4.88. The van der Waals surface area contributed by atoms with E-state index in [1.807, 2.05) is 6.92 Å². The van der Waals surface area contributed by atoms with Crippen LogP contribution in [0.1, 0.15) is 17.3 Å². The average molecular weight is 240 g/mol. The number of allylic oxidation sites excluding steroid dienone is 1. The Morgan fingerprint density at radius 1 is 1.62 bits per heavy atom. The summed E-state index contributed by atoms with van der Waals surface area (Å²) >= 11 is 5.85. The van der Waals surface area contributed by atoms with Gasteiger partial charge in [-0.15, -0.1) is 0 Å². The number of nitrogens with one attached hydrogen (secondary N) is 2. The van der Waals surface area contributed by atoms with E-state index in [-0.39, 0.29) is 0 Å². The number of carbonyl (C=O) groups is 1.